The molecule has 0 aliphatic heterocycles. The lowest BCUT2D eigenvalue weighted by Crippen LogP contribution is -2.04. The highest BCUT2D eigenvalue weighted by molar-refractivity contribution is 9.10. The molecule has 1 heterocycles. The summed E-state index contributed by atoms with van der Waals surface area (Å²) in [5, 5.41) is 14.3. The second-order valence-electron chi connectivity index (χ2n) is 4.62. The third kappa shape index (κ3) is 3.16. The highest BCUT2D eigenvalue weighted by atomic mass is 79.9. The van der Waals surface area contributed by atoms with Crippen LogP contribution in [0.15, 0.2) is 22.7 Å². The minimum Gasteiger partial charge on any atom is -0.486 e. The van der Waals surface area contributed by atoms with Crippen LogP contribution >= 0.6 is 27.5 Å². The number of hydrogen-bond donors (Lipinski definition) is 1. The van der Waals surface area contributed by atoms with Gasteiger partial charge in [-0.3, -0.25) is 4.68 Å². The van der Waals surface area contributed by atoms with Crippen LogP contribution in [0.4, 0.5) is 0 Å². The van der Waals surface area contributed by atoms with Gasteiger partial charge in [-0.2, -0.15) is 5.10 Å². The summed E-state index contributed by atoms with van der Waals surface area (Å²) < 4.78 is 8.44. The molecule has 0 bridgehead atoms. The van der Waals surface area contributed by atoms with Crippen LogP contribution in [0.5, 0.6) is 5.75 Å². The SMILES string of the molecule is Cc1nn(C)c(COc2ccc(C(C)O)cc2Cl)c1Br. The molecule has 4 nitrogen and oxygen atoms in total. The Balaban J connectivity index is 2.15. The van der Waals surface area contributed by atoms with Gasteiger partial charge in [-0.1, -0.05) is 17.7 Å². The van der Waals surface area contributed by atoms with Gasteiger partial charge in [0.25, 0.3) is 0 Å². The van der Waals surface area contributed by atoms with Crippen LogP contribution < -0.4 is 4.74 Å². The standard InChI is InChI=1S/C14H16BrClN2O2/c1-8-14(15)12(18(3)17-8)7-20-13-5-4-10(9(2)19)6-11(13)16/h4-6,9,19H,7H2,1-3H3. The van der Waals surface area contributed by atoms with Gasteiger partial charge in [-0.25, -0.2) is 0 Å². The molecule has 6 heteroatoms. The summed E-state index contributed by atoms with van der Waals surface area (Å²) in [6.07, 6.45) is -0.546. The van der Waals surface area contributed by atoms with E-state index >= 15 is 0 Å². The first-order valence-electron chi connectivity index (χ1n) is 6.18. The first-order valence-corrected chi connectivity index (χ1v) is 7.35. The smallest absolute Gasteiger partial charge is 0.138 e. The van der Waals surface area contributed by atoms with Gasteiger partial charge < -0.3 is 9.84 Å². The molecule has 0 aliphatic rings. The molecule has 0 saturated carbocycles. The average molecular weight is 360 g/mol. The van der Waals surface area contributed by atoms with Crippen LogP contribution in [0.1, 0.15) is 30.0 Å². The fourth-order valence-electron chi connectivity index (χ4n) is 1.88. The molecule has 2 rings (SSSR count). The molecule has 1 N–H and O–H groups in total. The number of aryl methyl sites for hydroxylation is 2. The molecule has 0 saturated heterocycles. The van der Waals surface area contributed by atoms with Gasteiger partial charge in [0.05, 0.1) is 27.0 Å². The van der Waals surface area contributed by atoms with Crippen LogP contribution in [0.25, 0.3) is 0 Å². The molecule has 0 fully saturated rings. The molecule has 0 radical (unpaired) electrons. The van der Waals surface area contributed by atoms with Crippen molar-refractivity contribution in [3.05, 3.63) is 44.6 Å². The lowest BCUT2D eigenvalue weighted by molar-refractivity contribution is 0.199. The molecule has 20 heavy (non-hydrogen) atoms. The van der Waals surface area contributed by atoms with Crippen LogP contribution in [-0.2, 0) is 13.7 Å². The number of halogens is 2. The van der Waals surface area contributed by atoms with Crippen molar-refractivity contribution in [3.8, 4) is 5.75 Å². The average Bonchev–Trinajstić information content (AvgIpc) is 2.62. The Morgan fingerprint density at radius 3 is 2.70 bits per heavy atom. The molecule has 108 valence electrons. The highest BCUT2D eigenvalue weighted by Crippen LogP contribution is 2.29. The Morgan fingerprint density at radius 2 is 2.20 bits per heavy atom. The van der Waals surface area contributed by atoms with Crippen molar-refractivity contribution in [1.29, 1.82) is 0 Å². The van der Waals surface area contributed by atoms with Crippen molar-refractivity contribution >= 4 is 27.5 Å². The topological polar surface area (TPSA) is 47.3 Å². The number of nitrogens with zero attached hydrogens (tertiary/aromatic N) is 2. The second-order valence-corrected chi connectivity index (χ2v) is 5.82. The maximum absolute atomic E-state index is 9.51. The van der Waals surface area contributed by atoms with E-state index in [0.29, 0.717) is 17.4 Å². The zero-order chi connectivity index (χ0) is 14.9. The predicted molar refractivity (Wildman–Crippen MR) is 82.1 cm³/mol. The Labute approximate surface area is 131 Å². The Bertz CT molecular complexity index is 626. The minimum atomic E-state index is -0.546. The minimum absolute atomic E-state index is 0.367. The summed E-state index contributed by atoms with van der Waals surface area (Å²) in [5.41, 5.74) is 2.62. The highest BCUT2D eigenvalue weighted by Gasteiger charge is 2.12. The fraction of sp³-hybridized carbons (Fsp3) is 0.357. The number of hydrogen-bond acceptors (Lipinski definition) is 3. The number of aromatic nitrogens is 2. The maximum Gasteiger partial charge on any atom is 0.138 e. The predicted octanol–water partition coefficient (Wildman–Crippen LogP) is 3.78. The van der Waals surface area contributed by atoms with Gasteiger partial charge in [0.15, 0.2) is 0 Å². The van der Waals surface area contributed by atoms with Crippen LogP contribution in [-0.4, -0.2) is 14.9 Å². The van der Waals surface area contributed by atoms with Gasteiger partial charge in [-0.05, 0) is 47.5 Å². The van der Waals surface area contributed by atoms with E-state index in [-0.39, 0.29) is 0 Å². The molecule has 2 aromatic rings. The number of aliphatic hydroxyl groups is 1. The molecule has 0 aliphatic carbocycles. The van der Waals surface area contributed by atoms with Crippen LogP contribution in [0.2, 0.25) is 5.02 Å². The Kier molecular flexibility index (Phi) is 4.73. The van der Waals surface area contributed by atoms with E-state index in [0.717, 1.165) is 21.4 Å². The lowest BCUT2D eigenvalue weighted by Gasteiger charge is -2.11. The summed E-state index contributed by atoms with van der Waals surface area (Å²) in [5.74, 6) is 0.585. The van der Waals surface area contributed by atoms with Crippen LogP contribution in [0, 0.1) is 6.92 Å². The van der Waals surface area contributed by atoms with E-state index in [1.807, 2.05) is 14.0 Å². The number of aliphatic hydroxyl groups excluding tert-OH is 1. The van der Waals surface area contributed by atoms with Gasteiger partial charge in [0, 0.05) is 7.05 Å². The molecule has 0 spiro atoms. The molecule has 1 aromatic heterocycles. The van der Waals surface area contributed by atoms with Crippen molar-refractivity contribution in [2.75, 3.05) is 0 Å². The van der Waals surface area contributed by atoms with E-state index < -0.39 is 6.10 Å². The van der Waals surface area contributed by atoms with Crippen molar-refractivity contribution in [2.24, 2.45) is 7.05 Å². The third-order valence-electron chi connectivity index (χ3n) is 3.06. The summed E-state index contributed by atoms with van der Waals surface area (Å²) in [4.78, 5) is 0. The van der Waals surface area contributed by atoms with Crippen molar-refractivity contribution < 1.29 is 9.84 Å². The number of ether oxygens (including phenoxy) is 1. The molecular weight excluding hydrogens is 344 g/mol. The molecule has 1 aromatic carbocycles. The van der Waals surface area contributed by atoms with E-state index in [4.69, 9.17) is 16.3 Å². The monoisotopic (exact) mass is 358 g/mol. The normalized spacial score (nSPS) is 12.5. The van der Waals surface area contributed by atoms with Crippen molar-refractivity contribution in [3.63, 3.8) is 0 Å². The molecular formula is C14H16BrClN2O2. The van der Waals surface area contributed by atoms with E-state index in [1.165, 1.54) is 0 Å². The summed E-state index contributed by atoms with van der Waals surface area (Å²) in [6.45, 7) is 3.99. The zero-order valence-corrected chi connectivity index (χ0v) is 13.9. The van der Waals surface area contributed by atoms with Gasteiger partial charge in [0.2, 0.25) is 0 Å². The van der Waals surface area contributed by atoms with Crippen LogP contribution in [0.3, 0.4) is 0 Å². The maximum atomic E-state index is 9.51. The summed E-state index contributed by atoms with van der Waals surface area (Å²) >= 11 is 9.65. The van der Waals surface area contributed by atoms with E-state index in [1.54, 1.807) is 29.8 Å². The first kappa shape index (κ1) is 15.4. The second kappa shape index (κ2) is 6.16. The van der Waals surface area contributed by atoms with E-state index in [2.05, 4.69) is 21.0 Å². The quantitative estimate of drug-likeness (QED) is 0.904. The Hall–Kier alpha value is -1.04. The van der Waals surface area contributed by atoms with Crippen molar-refractivity contribution in [2.45, 2.75) is 26.6 Å². The molecule has 1 atom stereocenters. The fourth-order valence-corrected chi connectivity index (χ4v) is 2.57. The Morgan fingerprint density at radius 1 is 1.50 bits per heavy atom. The lowest BCUT2D eigenvalue weighted by atomic mass is 10.1. The van der Waals surface area contributed by atoms with Gasteiger partial charge in [-0.15, -0.1) is 0 Å². The molecule has 1 unspecified atom stereocenters. The van der Waals surface area contributed by atoms with Crippen molar-refractivity contribution in [1.82, 2.24) is 9.78 Å². The van der Waals surface area contributed by atoms with E-state index in [9.17, 15) is 5.11 Å². The molecule has 0 amide bonds. The number of benzene rings is 1. The first-order chi connectivity index (χ1) is 9.40. The largest absolute Gasteiger partial charge is 0.486 e. The van der Waals surface area contributed by atoms with Gasteiger partial charge >= 0.3 is 0 Å². The zero-order valence-electron chi connectivity index (χ0n) is 11.5. The summed E-state index contributed by atoms with van der Waals surface area (Å²) in [7, 11) is 1.87. The number of rotatable bonds is 4. The third-order valence-corrected chi connectivity index (χ3v) is 4.39. The summed E-state index contributed by atoms with van der Waals surface area (Å²) in [6, 6.07) is 5.28. The van der Waals surface area contributed by atoms with Gasteiger partial charge in [0.1, 0.15) is 12.4 Å².